The number of hydrogen-bond acceptors (Lipinski definition) is 4. The Balaban J connectivity index is 1.44. The highest BCUT2D eigenvalue weighted by Gasteiger charge is 2.22. The van der Waals surface area contributed by atoms with Crippen LogP contribution in [0.15, 0.2) is 0 Å². The lowest BCUT2D eigenvalue weighted by Crippen LogP contribution is -2.34. The molecule has 106 valence electrons. The summed E-state index contributed by atoms with van der Waals surface area (Å²) in [6.45, 7) is 8.82. The van der Waals surface area contributed by atoms with E-state index in [4.69, 9.17) is 4.74 Å². The molecule has 0 aromatic rings. The highest BCUT2D eigenvalue weighted by atomic mass is 16.5. The monoisotopic (exact) mass is 256 g/mol. The molecule has 2 N–H and O–H groups in total. The van der Waals surface area contributed by atoms with Crippen LogP contribution in [0.3, 0.4) is 0 Å². The second-order valence-electron chi connectivity index (χ2n) is 5.84. The normalized spacial score (nSPS) is 26.7. The molecule has 0 aromatic carbocycles. The van der Waals surface area contributed by atoms with Gasteiger partial charge in [-0.1, -0.05) is 6.92 Å². The first kappa shape index (κ1) is 14.3. The lowest BCUT2D eigenvalue weighted by Gasteiger charge is -2.16. The summed E-state index contributed by atoms with van der Waals surface area (Å²) < 4.78 is 5.48. The van der Waals surface area contributed by atoms with Crippen LogP contribution in [0.5, 0.6) is 0 Å². The molecule has 4 nitrogen and oxygen atoms in total. The maximum Gasteiger partial charge on any atom is 0.0897 e. The van der Waals surface area contributed by atoms with E-state index < -0.39 is 0 Å². The fraction of sp³-hybridized carbons (Fsp3) is 1.00. The van der Waals surface area contributed by atoms with Crippen molar-refractivity contribution in [1.29, 1.82) is 0 Å². The number of hydrogen-bond donors (Lipinski definition) is 2. The van der Waals surface area contributed by atoms with Crippen molar-refractivity contribution in [3.05, 3.63) is 0 Å². The Morgan fingerprint density at radius 2 is 2.17 bits per heavy atom. The van der Waals surface area contributed by atoms with E-state index in [1.165, 1.54) is 32.4 Å². The van der Waals surface area contributed by atoms with Crippen molar-refractivity contribution in [1.82, 2.24) is 10.2 Å². The number of likely N-dealkylation sites (tertiary alicyclic amines) is 1. The van der Waals surface area contributed by atoms with Crippen LogP contribution in [0, 0.1) is 11.8 Å². The Kier molecular flexibility index (Phi) is 5.89. The largest absolute Gasteiger partial charge is 0.389 e. The lowest BCUT2D eigenvalue weighted by molar-refractivity contribution is 0.0322. The second-order valence-corrected chi connectivity index (χ2v) is 5.84. The summed E-state index contributed by atoms with van der Waals surface area (Å²) in [5, 5.41) is 13.1. The third-order valence-corrected chi connectivity index (χ3v) is 3.99. The van der Waals surface area contributed by atoms with Crippen molar-refractivity contribution in [3.8, 4) is 0 Å². The van der Waals surface area contributed by atoms with Crippen molar-refractivity contribution in [2.75, 3.05) is 45.9 Å². The zero-order valence-corrected chi connectivity index (χ0v) is 11.6. The van der Waals surface area contributed by atoms with Crippen LogP contribution in [-0.4, -0.2) is 62.0 Å². The van der Waals surface area contributed by atoms with Crippen molar-refractivity contribution in [2.45, 2.75) is 32.3 Å². The molecule has 2 rings (SSSR count). The minimum atomic E-state index is -0.354. The number of nitrogens with zero attached hydrogens (tertiary/aromatic N) is 1. The van der Waals surface area contributed by atoms with Gasteiger partial charge in [-0.05, 0) is 50.7 Å². The van der Waals surface area contributed by atoms with Crippen molar-refractivity contribution in [2.24, 2.45) is 11.8 Å². The minimum absolute atomic E-state index is 0.354. The predicted molar refractivity (Wildman–Crippen MR) is 72.6 cm³/mol. The SMILES string of the molecule is CCN1CCC(CNCC(O)COCC2CC2)C1. The van der Waals surface area contributed by atoms with Crippen molar-refractivity contribution >= 4 is 0 Å². The van der Waals surface area contributed by atoms with Crippen LogP contribution >= 0.6 is 0 Å². The quantitative estimate of drug-likeness (QED) is 0.637. The molecule has 2 atom stereocenters. The topological polar surface area (TPSA) is 44.7 Å². The summed E-state index contributed by atoms with van der Waals surface area (Å²) in [7, 11) is 0. The van der Waals surface area contributed by atoms with Crippen LogP contribution in [-0.2, 0) is 4.74 Å². The summed E-state index contributed by atoms with van der Waals surface area (Å²) in [6, 6.07) is 0. The van der Waals surface area contributed by atoms with Crippen LogP contribution < -0.4 is 5.32 Å². The molecule has 0 radical (unpaired) electrons. The van der Waals surface area contributed by atoms with E-state index >= 15 is 0 Å². The van der Waals surface area contributed by atoms with Crippen LogP contribution in [0.25, 0.3) is 0 Å². The maximum atomic E-state index is 9.76. The molecule has 0 amide bonds. The van der Waals surface area contributed by atoms with Crippen LogP contribution in [0.1, 0.15) is 26.2 Å². The van der Waals surface area contributed by atoms with Gasteiger partial charge in [0.2, 0.25) is 0 Å². The van der Waals surface area contributed by atoms with E-state index in [9.17, 15) is 5.11 Å². The first-order valence-electron chi connectivity index (χ1n) is 7.46. The first-order chi connectivity index (χ1) is 8.78. The summed E-state index contributed by atoms with van der Waals surface area (Å²) in [5.74, 6) is 1.54. The number of nitrogens with one attached hydrogen (secondary N) is 1. The van der Waals surface area contributed by atoms with Gasteiger partial charge in [-0.15, -0.1) is 0 Å². The second kappa shape index (κ2) is 7.43. The van der Waals surface area contributed by atoms with Gasteiger partial charge in [-0.3, -0.25) is 0 Å². The molecular formula is C14H28N2O2. The third-order valence-electron chi connectivity index (χ3n) is 3.99. The van der Waals surface area contributed by atoms with Gasteiger partial charge in [0.05, 0.1) is 12.7 Å². The number of aliphatic hydroxyl groups excluding tert-OH is 1. The molecule has 2 fully saturated rings. The summed E-state index contributed by atoms with van der Waals surface area (Å²) in [4.78, 5) is 2.49. The van der Waals surface area contributed by atoms with Crippen molar-refractivity contribution < 1.29 is 9.84 Å². The fourth-order valence-electron chi connectivity index (χ4n) is 2.53. The zero-order chi connectivity index (χ0) is 12.8. The average Bonchev–Trinajstić information content (AvgIpc) is 3.07. The Morgan fingerprint density at radius 1 is 1.33 bits per heavy atom. The van der Waals surface area contributed by atoms with E-state index in [0.717, 1.165) is 31.5 Å². The molecule has 1 aliphatic carbocycles. The van der Waals surface area contributed by atoms with Gasteiger partial charge >= 0.3 is 0 Å². The zero-order valence-electron chi connectivity index (χ0n) is 11.6. The van der Waals surface area contributed by atoms with Gasteiger partial charge in [0.1, 0.15) is 0 Å². The van der Waals surface area contributed by atoms with Gasteiger partial charge in [-0.2, -0.15) is 0 Å². The van der Waals surface area contributed by atoms with Crippen LogP contribution in [0.4, 0.5) is 0 Å². The molecule has 1 aliphatic heterocycles. The number of ether oxygens (including phenoxy) is 1. The Labute approximate surface area is 111 Å². The Bertz CT molecular complexity index is 234. The van der Waals surface area contributed by atoms with Gasteiger partial charge < -0.3 is 20.1 Å². The van der Waals surface area contributed by atoms with E-state index in [1.807, 2.05) is 0 Å². The molecule has 4 heteroatoms. The molecule has 1 saturated carbocycles. The highest BCUT2D eigenvalue weighted by molar-refractivity contribution is 4.77. The molecule has 0 aromatic heterocycles. The average molecular weight is 256 g/mol. The Hall–Kier alpha value is -0.160. The third kappa shape index (κ3) is 5.22. The van der Waals surface area contributed by atoms with E-state index in [-0.39, 0.29) is 6.10 Å². The van der Waals surface area contributed by atoms with E-state index in [1.54, 1.807) is 0 Å². The fourth-order valence-corrected chi connectivity index (χ4v) is 2.53. The summed E-state index contributed by atoms with van der Waals surface area (Å²) in [6.07, 6.45) is 3.55. The van der Waals surface area contributed by atoms with Gasteiger partial charge in [-0.25, -0.2) is 0 Å². The van der Waals surface area contributed by atoms with E-state index in [2.05, 4.69) is 17.1 Å². The number of aliphatic hydroxyl groups is 1. The van der Waals surface area contributed by atoms with Gasteiger partial charge in [0, 0.05) is 19.7 Å². The molecule has 1 saturated heterocycles. The molecule has 18 heavy (non-hydrogen) atoms. The molecule has 2 aliphatic rings. The van der Waals surface area contributed by atoms with Gasteiger partial charge in [0.15, 0.2) is 0 Å². The summed E-state index contributed by atoms with van der Waals surface area (Å²) in [5.41, 5.74) is 0. The van der Waals surface area contributed by atoms with Gasteiger partial charge in [0.25, 0.3) is 0 Å². The standard InChI is InChI=1S/C14H28N2O2/c1-2-16-6-5-13(9-16)7-15-8-14(17)11-18-10-12-3-4-12/h12-15,17H,2-11H2,1H3. The molecule has 0 bridgehead atoms. The highest BCUT2D eigenvalue weighted by Crippen LogP contribution is 2.28. The van der Waals surface area contributed by atoms with E-state index in [0.29, 0.717) is 13.2 Å². The molecule has 0 spiro atoms. The summed E-state index contributed by atoms with van der Waals surface area (Å²) >= 11 is 0. The van der Waals surface area contributed by atoms with Crippen molar-refractivity contribution in [3.63, 3.8) is 0 Å². The predicted octanol–water partition coefficient (Wildman–Crippen LogP) is 0.705. The lowest BCUT2D eigenvalue weighted by atomic mass is 10.1. The minimum Gasteiger partial charge on any atom is -0.389 e. The van der Waals surface area contributed by atoms with Crippen LogP contribution in [0.2, 0.25) is 0 Å². The maximum absolute atomic E-state index is 9.76. The molecule has 2 unspecified atom stereocenters. The smallest absolute Gasteiger partial charge is 0.0897 e. The number of rotatable bonds is 9. The first-order valence-corrected chi connectivity index (χ1v) is 7.46. The molecule has 1 heterocycles. The molecular weight excluding hydrogens is 228 g/mol. The Morgan fingerprint density at radius 3 is 2.83 bits per heavy atom.